The number of ether oxygens (including phenoxy) is 3. The number of benzene rings is 2. The van der Waals surface area contributed by atoms with Crippen LogP contribution in [0.25, 0.3) is 22.9 Å². The van der Waals surface area contributed by atoms with E-state index in [1.165, 1.54) is 173 Å². The first-order chi connectivity index (χ1) is 27.8. The number of nitrogens with zero attached hydrogens (tertiary/aromatic N) is 2. The largest absolute Gasteiger partial charge is 0.490 e. The summed E-state index contributed by atoms with van der Waals surface area (Å²) in [6.07, 6.45) is 38.8. The Hall–Kier alpha value is -3.02. The Morgan fingerprint density at radius 3 is 1.07 bits per heavy atom. The smallest absolute Gasteiger partial charge is 0.248 e. The Morgan fingerprint density at radius 1 is 0.375 bits per heavy atom. The van der Waals surface area contributed by atoms with E-state index in [0.29, 0.717) is 48.9 Å². The van der Waals surface area contributed by atoms with E-state index in [1.807, 2.05) is 42.5 Å². The van der Waals surface area contributed by atoms with Gasteiger partial charge in [-0.15, -0.1) is 10.2 Å². The molecule has 2 aromatic carbocycles. The summed E-state index contributed by atoms with van der Waals surface area (Å²) in [7, 11) is 0. The van der Waals surface area contributed by atoms with E-state index < -0.39 is 0 Å². The van der Waals surface area contributed by atoms with Crippen LogP contribution < -0.4 is 14.2 Å². The van der Waals surface area contributed by atoms with E-state index >= 15 is 0 Å². The molecule has 1 heterocycles. The van der Waals surface area contributed by atoms with Gasteiger partial charge in [0.2, 0.25) is 17.5 Å². The Balaban J connectivity index is 1.64. The van der Waals surface area contributed by atoms with Crippen LogP contribution in [0.5, 0.6) is 17.2 Å². The summed E-state index contributed by atoms with van der Waals surface area (Å²) < 4.78 is 25.9. The van der Waals surface area contributed by atoms with Gasteiger partial charge in [-0.1, -0.05) is 212 Å². The molecule has 0 aliphatic rings. The van der Waals surface area contributed by atoms with Gasteiger partial charge in [-0.3, -0.25) is 0 Å². The zero-order valence-corrected chi connectivity index (χ0v) is 36.4. The molecular formula is C50H82N2O4. The maximum Gasteiger partial charge on any atom is 0.248 e. The molecule has 0 saturated carbocycles. The number of hydrogen-bond acceptors (Lipinski definition) is 6. The van der Waals surface area contributed by atoms with E-state index in [0.717, 1.165) is 30.4 Å². The predicted octanol–water partition coefficient (Wildman–Crippen LogP) is 16.3. The monoisotopic (exact) mass is 775 g/mol. The average Bonchev–Trinajstić information content (AvgIpc) is 3.72. The number of unbranched alkanes of at least 4 members (excludes halogenated alkanes) is 27. The van der Waals surface area contributed by atoms with Crippen molar-refractivity contribution < 1.29 is 18.6 Å². The molecule has 0 atom stereocenters. The molecule has 0 radical (unpaired) electrons. The molecule has 6 nitrogen and oxygen atoms in total. The Bertz CT molecular complexity index is 1280. The quantitative estimate of drug-likeness (QED) is 0.0540. The summed E-state index contributed by atoms with van der Waals surface area (Å²) in [4.78, 5) is 0. The van der Waals surface area contributed by atoms with Gasteiger partial charge in [0.25, 0.3) is 0 Å². The highest BCUT2D eigenvalue weighted by Crippen LogP contribution is 2.42. The topological polar surface area (TPSA) is 66.6 Å². The minimum Gasteiger partial charge on any atom is -0.490 e. The molecule has 0 aliphatic carbocycles. The van der Waals surface area contributed by atoms with Gasteiger partial charge in [0.05, 0.1) is 19.8 Å². The van der Waals surface area contributed by atoms with Gasteiger partial charge in [0, 0.05) is 11.1 Å². The molecule has 0 unspecified atom stereocenters. The Labute approximate surface area is 343 Å². The van der Waals surface area contributed by atoms with Crippen LogP contribution in [0.3, 0.4) is 0 Å². The van der Waals surface area contributed by atoms with Crippen molar-refractivity contribution in [1.29, 1.82) is 0 Å². The molecule has 0 bridgehead atoms. The zero-order chi connectivity index (χ0) is 39.6. The maximum absolute atomic E-state index is 6.59. The van der Waals surface area contributed by atoms with Gasteiger partial charge < -0.3 is 18.6 Å². The molecular weight excluding hydrogens is 693 g/mol. The SMILES string of the molecule is CCCCCCCCCCCCOc1cc(-c2nnc(-c3ccccc3)o2)cc(OCCCCCCCCCCCC)c1OCCCCCCCCCCCC. The number of aromatic nitrogens is 2. The fourth-order valence-electron chi connectivity index (χ4n) is 7.40. The molecule has 0 fully saturated rings. The second-order valence-electron chi connectivity index (χ2n) is 16.2. The molecule has 56 heavy (non-hydrogen) atoms. The summed E-state index contributed by atoms with van der Waals surface area (Å²) >= 11 is 0. The van der Waals surface area contributed by atoms with Crippen molar-refractivity contribution in [3.8, 4) is 40.2 Å². The normalized spacial score (nSPS) is 11.3. The van der Waals surface area contributed by atoms with E-state index in [9.17, 15) is 0 Å². The van der Waals surface area contributed by atoms with E-state index in [1.54, 1.807) is 0 Å². The fourth-order valence-corrected chi connectivity index (χ4v) is 7.40. The van der Waals surface area contributed by atoms with Crippen molar-refractivity contribution in [2.24, 2.45) is 0 Å². The maximum atomic E-state index is 6.59. The molecule has 0 amide bonds. The Kier molecular flexibility index (Phi) is 27.9. The highest BCUT2D eigenvalue weighted by Gasteiger charge is 2.20. The average molecular weight is 775 g/mol. The van der Waals surface area contributed by atoms with Gasteiger partial charge in [-0.25, -0.2) is 0 Å². The first kappa shape index (κ1) is 47.4. The first-order valence-corrected chi connectivity index (χ1v) is 23.7. The second kappa shape index (κ2) is 33.0. The van der Waals surface area contributed by atoms with Gasteiger partial charge in [0.1, 0.15) is 0 Å². The van der Waals surface area contributed by atoms with Crippen LogP contribution >= 0.6 is 0 Å². The standard InChI is InChI=1S/C50H82N2O4/c1-4-7-10-13-16-19-22-25-28-34-39-53-46-42-45(50-52-51-49(56-50)44-37-32-31-33-38-44)43-47(54-40-35-29-26-23-20-17-14-11-8-5-2)48(46)55-41-36-30-27-24-21-18-15-12-9-6-3/h31-33,37-38,42-43H,4-30,34-36,39-41H2,1-3H3. The van der Waals surface area contributed by atoms with Crippen molar-refractivity contribution in [2.75, 3.05) is 19.8 Å². The third-order valence-corrected chi connectivity index (χ3v) is 11.0. The lowest BCUT2D eigenvalue weighted by Crippen LogP contribution is -2.07. The van der Waals surface area contributed by atoms with Crippen molar-refractivity contribution in [1.82, 2.24) is 10.2 Å². The third kappa shape index (κ3) is 21.5. The molecule has 316 valence electrons. The summed E-state index contributed by atoms with van der Waals surface area (Å²) in [6.45, 7) is 8.79. The second-order valence-corrected chi connectivity index (χ2v) is 16.2. The van der Waals surface area contributed by atoms with Crippen LogP contribution in [0.15, 0.2) is 46.9 Å². The minimum atomic E-state index is 0.456. The van der Waals surface area contributed by atoms with Gasteiger partial charge >= 0.3 is 0 Å². The molecule has 1 aromatic heterocycles. The molecule has 6 heteroatoms. The molecule has 0 N–H and O–H groups in total. The van der Waals surface area contributed by atoms with E-state index in [2.05, 4.69) is 31.0 Å². The molecule has 3 rings (SSSR count). The summed E-state index contributed by atoms with van der Waals surface area (Å²) in [5, 5.41) is 8.85. The van der Waals surface area contributed by atoms with Gasteiger partial charge in [0.15, 0.2) is 11.5 Å². The highest BCUT2D eigenvalue weighted by atomic mass is 16.5. The summed E-state index contributed by atoms with van der Waals surface area (Å²) in [5.74, 6) is 3.10. The molecule has 0 spiro atoms. The molecule has 0 saturated heterocycles. The predicted molar refractivity (Wildman–Crippen MR) is 237 cm³/mol. The van der Waals surface area contributed by atoms with Crippen LogP contribution in [0, 0.1) is 0 Å². The lowest BCUT2D eigenvalue weighted by Gasteiger charge is -2.18. The zero-order valence-electron chi connectivity index (χ0n) is 36.4. The molecule has 3 aromatic rings. The first-order valence-electron chi connectivity index (χ1n) is 23.7. The Morgan fingerprint density at radius 2 is 0.696 bits per heavy atom. The number of rotatable bonds is 38. The van der Waals surface area contributed by atoms with Gasteiger partial charge in [-0.2, -0.15) is 0 Å². The van der Waals surface area contributed by atoms with Gasteiger partial charge in [-0.05, 0) is 43.5 Å². The molecule has 0 aliphatic heterocycles. The van der Waals surface area contributed by atoms with Crippen LogP contribution in [-0.2, 0) is 0 Å². The summed E-state index contributed by atoms with van der Waals surface area (Å²) in [6, 6.07) is 14.0. The van der Waals surface area contributed by atoms with Crippen molar-refractivity contribution in [3.05, 3.63) is 42.5 Å². The lowest BCUT2D eigenvalue weighted by molar-refractivity contribution is 0.234. The van der Waals surface area contributed by atoms with Crippen molar-refractivity contribution in [3.63, 3.8) is 0 Å². The summed E-state index contributed by atoms with van der Waals surface area (Å²) in [5.41, 5.74) is 1.69. The third-order valence-electron chi connectivity index (χ3n) is 11.0. The van der Waals surface area contributed by atoms with Crippen LogP contribution in [0.2, 0.25) is 0 Å². The highest BCUT2D eigenvalue weighted by molar-refractivity contribution is 5.66. The minimum absolute atomic E-state index is 0.456. The fraction of sp³-hybridized carbons (Fsp3) is 0.720. The van der Waals surface area contributed by atoms with E-state index in [-0.39, 0.29) is 0 Å². The lowest BCUT2D eigenvalue weighted by atomic mass is 10.1. The van der Waals surface area contributed by atoms with Crippen LogP contribution in [0.4, 0.5) is 0 Å². The van der Waals surface area contributed by atoms with E-state index in [4.69, 9.17) is 18.6 Å². The van der Waals surface area contributed by atoms with Crippen molar-refractivity contribution >= 4 is 0 Å². The van der Waals surface area contributed by atoms with Crippen molar-refractivity contribution in [2.45, 2.75) is 213 Å². The van der Waals surface area contributed by atoms with Crippen LogP contribution in [0.1, 0.15) is 213 Å². The van der Waals surface area contributed by atoms with Crippen LogP contribution in [-0.4, -0.2) is 30.0 Å². The number of hydrogen-bond donors (Lipinski definition) is 0.